The Kier molecular flexibility index (Phi) is 7.64. The van der Waals surface area contributed by atoms with Crippen molar-refractivity contribution in [2.24, 2.45) is 0 Å². The van der Waals surface area contributed by atoms with Gasteiger partial charge >= 0.3 is 0 Å². The van der Waals surface area contributed by atoms with Crippen molar-refractivity contribution in [1.82, 2.24) is 0 Å². The van der Waals surface area contributed by atoms with Crippen LogP contribution in [0.5, 0.6) is 11.5 Å². The first-order valence-corrected chi connectivity index (χ1v) is 13.0. The van der Waals surface area contributed by atoms with Crippen LogP contribution in [0.1, 0.15) is 58.8 Å². The maximum Gasteiger partial charge on any atom is 0.170 e. The van der Waals surface area contributed by atoms with Crippen LogP contribution in [0.3, 0.4) is 0 Å². The molecule has 0 aliphatic heterocycles. The summed E-state index contributed by atoms with van der Waals surface area (Å²) in [5.74, 6) is 1.22. The van der Waals surface area contributed by atoms with Crippen molar-refractivity contribution in [3.8, 4) is 11.5 Å². The number of rotatable bonds is 9. The number of methoxy groups -OCH3 is 2. The second-order valence-electron chi connectivity index (χ2n) is 9.97. The Morgan fingerprint density at radius 1 is 0.615 bits per heavy atom. The number of carbonyl (C=O) groups is 1. The van der Waals surface area contributed by atoms with Gasteiger partial charge in [0.15, 0.2) is 5.78 Å². The average molecular weight is 521 g/mol. The Morgan fingerprint density at radius 2 is 1.08 bits per heavy atom. The van der Waals surface area contributed by atoms with Gasteiger partial charge in [0, 0.05) is 17.4 Å². The molecule has 0 aliphatic carbocycles. The Labute approximate surface area is 228 Å². The lowest BCUT2D eigenvalue weighted by Crippen LogP contribution is -2.13. The van der Waals surface area contributed by atoms with Crippen LogP contribution in [0.4, 0.5) is 0 Å². The molecule has 0 spiro atoms. The predicted molar refractivity (Wildman–Crippen MR) is 155 cm³/mol. The van der Waals surface area contributed by atoms with E-state index in [1.807, 2.05) is 98.8 Å². The maximum atomic E-state index is 13.3. The highest BCUT2D eigenvalue weighted by atomic mass is 17.1. The van der Waals surface area contributed by atoms with E-state index in [2.05, 4.69) is 12.1 Å². The molecule has 0 aliphatic rings. The number of hydrogen-bond acceptors (Lipinski definition) is 5. The summed E-state index contributed by atoms with van der Waals surface area (Å²) in [7, 11) is 3.31. The molecule has 3 atom stereocenters. The van der Waals surface area contributed by atoms with Crippen LogP contribution in [0.2, 0.25) is 0 Å². The van der Waals surface area contributed by atoms with E-state index in [1.165, 1.54) is 0 Å². The molecule has 0 amide bonds. The third-order valence-corrected chi connectivity index (χ3v) is 7.65. The van der Waals surface area contributed by atoms with Crippen LogP contribution in [-0.4, -0.2) is 25.3 Å². The quantitative estimate of drug-likeness (QED) is 0.120. The summed E-state index contributed by atoms with van der Waals surface area (Å²) in [6.45, 7) is 3.94. The normalized spacial score (nSPS) is 13.7. The average Bonchev–Trinajstić information content (AvgIpc) is 2.99. The number of ketones is 1. The molecule has 0 saturated carbocycles. The van der Waals surface area contributed by atoms with Gasteiger partial charge in [0.05, 0.1) is 14.2 Å². The molecule has 0 aromatic heterocycles. The van der Waals surface area contributed by atoms with Crippen molar-refractivity contribution in [2.75, 3.05) is 14.2 Å². The number of carbonyl (C=O) groups excluding carboxylic acids is 1. The molecule has 3 unspecified atom stereocenters. The zero-order valence-corrected chi connectivity index (χ0v) is 22.5. The van der Waals surface area contributed by atoms with Gasteiger partial charge in [0.25, 0.3) is 0 Å². The monoisotopic (exact) mass is 520 g/mol. The van der Waals surface area contributed by atoms with Gasteiger partial charge in [-0.15, -0.1) is 0 Å². The molecule has 5 aromatic carbocycles. The molecule has 198 valence electrons. The number of fused-ring (bicyclic) bond motifs is 2. The molecule has 5 aromatic rings. The van der Waals surface area contributed by atoms with E-state index < -0.39 is 6.10 Å². The van der Waals surface area contributed by atoms with Gasteiger partial charge in [-0.25, -0.2) is 4.89 Å². The minimum absolute atomic E-state index is 0.0360. The summed E-state index contributed by atoms with van der Waals surface area (Å²) >= 11 is 0. The highest BCUT2D eigenvalue weighted by Crippen LogP contribution is 2.36. The highest BCUT2D eigenvalue weighted by Gasteiger charge is 2.24. The van der Waals surface area contributed by atoms with Gasteiger partial charge in [0.1, 0.15) is 17.6 Å². The minimum atomic E-state index is -0.584. The lowest BCUT2D eigenvalue weighted by molar-refractivity contribution is -0.286. The number of Topliss-reactive ketones (excluding diaryl/α,β-unsaturated/α-hetero) is 1. The van der Waals surface area contributed by atoms with E-state index in [1.54, 1.807) is 14.2 Å². The highest BCUT2D eigenvalue weighted by molar-refractivity contribution is 6.01. The Morgan fingerprint density at radius 3 is 1.62 bits per heavy atom. The Balaban J connectivity index is 1.34. The van der Waals surface area contributed by atoms with E-state index in [4.69, 9.17) is 14.4 Å². The molecule has 0 bridgehead atoms. The van der Waals surface area contributed by atoms with E-state index in [0.29, 0.717) is 5.56 Å². The van der Waals surface area contributed by atoms with Crippen molar-refractivity contribution in [3.63, 3.8) is 0 Å². The number of benzene rings is 5. The standard InChI is InChI=1S/C34H32O5/c1-21(25-9-11-29-19-31(37-3)15-13-27(29)17-25)33(35)23-5-7-24(8-6-23)34(39-36)22(2)26-10-12-30-20-32(38-4)16-14-28(30)18-26/h5-22,34,36H,1-4H3. The molecule has 5 heteroatoms. The van der Waals surface area contributed by atoms with Crippen LogP contribution in [-0.2, 0) is 4.89 Å². The van der Waals surface area contributed by atoms with Crippen molar-refractivity contribution in [1.29, 1.82) is 0 Å². The summed E-state index contributed by atoms with van der Waals surface area (Å²) in [6.07, 6.45) is -0.584. The molecule has 1 N–H and O–H groups in total. The first kappa shape index (κ1) is 26.4. The van der Waals surface area contributed by atoms with Crippen LogP contribution in [0.15, 0.2) is 97.1 Å². The fourth-order valence-corrected chi connectivity index (χ4v) is 5.15. The summed E-state index contributed by atoms with van der Waals surface area (Å²) in [5.41, 5.74) is 3.41. The predicted octanol–water partition coefficient (Wildman–Crippen LogP) is 8.33. The molecule has 39 heavy (non-hydrogen) atoms. The molecule has 0 radical (unpaired) electrons. The fraction of sp³-hybridized carbons (Fsp3) is 0.206. The lowest BCUT2D eigenvalue weighted by atomic mass is 9.87. The van der Waals surface area contributed by atoms with Crippen molar-refractivity contribution >= 4 is 27.3 Å². The van der Waals surface area contributed by atoms with Crippen LogP contribution in [0, 0.1) is 0 Å². The molecule has 0 heterocycles. The van der Waals surface area contributed by atoms with Crippen molar-refractivity contribution in [2.45, 2.75) is 31.8 Å². The third-order valence-electron chi connectivity index (χ3n) is 7.65. The smallest absolute Gasteiger partial charge is 0.170 e. The first-order valence-electron chi connectivity index (χ1n) is 13.0. The lowest BCUT2D eigenvalue weighted by Gasteiger charge is -2.22. The minimum Gasteiger partial charge on any atom is -0.497 e. The fourth-order valence-electron chi connectivity index (χ4n) is 5.15. The topological polar surface area (TPSA) is 65.0 Å². The van der Waals surface area contributed by atoms with Crippen molar-refractivity contribution in [3.05, 3.63) is 119 Å². The summed E-state index contributed by atoms with van der Waals surface area (Å²) < 4.78 is 10.6. The van der Waals surface area contributed by atoms with E-state index in [0.717, 1.165) is 49.7 Å². The largest absolute Gasteiger partial charge is 0.497 e. The second-order valence-corrected chi connectivity index (χ2v) is 9.97. The molecular weight excluding hydrogens is 488 g/mol. The van der Waals surface area contributed by atoms with Gasteiger partial charge in [-0.2, -0.15) is 0 Å². The molecule has 5 rings (SSSR count). The van der Waals surface area contributed by atoms with E-state index in [-0.39, 0.29) is 17.6 Å². The zero-order valence-electron chi connectivity index (χ0n) is 22.5. The summed E-state index contributed by atoms with van der Waals surface area (Å²) in [4.78, 5) is 18.3. The number of hydrogen-bond donors (Lipinski definition) is 1. The van der Waals surface area contributed by atoms with Crippen LogP contribution < -0.4 is 9.47 Å². The first-order chi connectivity index (χ1) is 18.9. The van der Waals surface area contributed by atoms with Gasteiger partial charge in [0.2, 0.25) is 0 Å². The van der Waals surface area contributed by atoms with E-state index in [9.17, 15) is 10.1 Å². The maximum absolute atomic E-state index is 13.3. The zero-order chi connectivity index (χ0) is 27.5. The Hall–Kier alpha value is -4.19. The molecule has 0 saturated heterocycles. The second kappa shape index (κ2) is 11.3. The molecule has 0 fully saturated rings. The number of ether oxygens (including phenoxy) is 2. The van der Waals surface area contributed by atoms with Gasteiger partial charge in [-0.05, 0) is 62.5 Å². The van der Waals surface area contributed by atoms with Crippen molar-refractivity contribution < 1.29 is 24.4 Å². The van der Waals surface area contributed by atoms with Gasteiger partial charge in [-0.1, -0.05) is 86.6 Å². The SMILES string of the molecule is COc1ccc2cc(C(C)C(=O)c3ccc(C(OO)C(C)c4ccc5cc(OC)ccc5c4)cc3)ccc2c1. The molecule has 5 nitrogen and oxygen atoms in total. The van der Waals surface area contributed by atoms with Crippen LogP contribution >= 0.6 is 0 Å². The van der Waals surface area contributed by atoms with E-state index >= 15 is 0 Å². The summed E-state index contributed by atoms with van der Waals surface area (Å²) in [6, 6.07) is 31.5. The Bertz CT molecular complexity index is 1620. The third kappa shape index (κ3) is 5.37. The van der Waals surface area contributed by atoms with Gasteiger partial charge in [-0.3, -0.25) is 10.1 Å². The summed E-state index contributed by atoms with van der Waals surface area (Å²) in [5, 5.41) is 14.1. The van der Waals surface area contributed by atoms with Crippen LogP contribution in [0.25, 0.3) is 21.5 Å². The van der Waals surface area contributed by atoms with Gasteiger partial charge < -0.3 is 9.47 Å². The molecular formula is C34H32O5.